The lowest BCUT2D eigenvalue weighted by molar-refractivity contribution is -0.139. The van der Waals surface area contributed by atoms with Crippen molar-refractivity contribution < 1.29 is 18.4 Å². The van der Waals surface area contributed by atoms with Gasteiger partial charge < -0.3 is 18.1 Å². The number of hydrogen-bond acceptors (Lipinski definition) is 6. The van der Waals surface area contributed by atoms with Crippen LogP contribution in [0.3, 0.4) is 0 Å². The molecule has 3 aromatic heterocycles. The van der Waals surface area contributed by atoms with Crippen LogP contribution in [0.4, 0.5) is 0 Å². The number of aromatic nitrogens is 3. The Bertz CT molecular complexity index is 1050. The fourth-order valence-electron chi connectivity index (χ4n) is 3.47. The summed E-state index contributed by atoms with van der Waals surface area (Å²) in [5.41, 5.74) is 4.17. The number of aryl methyl sites for hydroxylation is 3. The fraction of sp³-hybridized carbons (Fsp3) is 0.381. The molecule has 3 heterocycles. The van der Waals surface area contributed by atoms with Crippen molar-refractivity contribution in [2.24, 2.45) is 0 Å². The summed E-state index contributed by atoms with van der Waals surface area (Å²) in [6.45, 7) is 7.78. The molecule has 7 heteroatoms. The van der Waals surface area contributed by atoms with E-state index < -0.39 is 5.97 Å². The van der Waals surface area contributed by atoms with E-state index in [1.54, 1.807) is 6.08 Å². The van der Waals surface area contributed by atoms with Gasteiger partial charge >= 0.3 is 5.97 Å². The Labute approximate surface area is 163 Å². The molecule has 0 amide bonds. The molecule has 0 radical (unpaired) electrons. The minimum Gasteiger partial charge on any atom is -0.466 e. The maximum Gasteiger partial charge on any atom is 0.331 e. The minimum atomic E-state index is -0.452. The highest BCUT2D eigenvalue weighted by Gasteiger charge is 2.26. The van der Waals surface area contributed by atoms with Crippen LogP contribution in [0, 0.1) is 27.7 Å². The molecule has 0 saturated heterocycles. The minimum absolute atomic E-state index is 0.0762. The molecule has 28 heavy (non-hydrogen) atoms. The van der Waals surface area contributed by atoms with Crippen molar-refractivity contribution in [1.82, 2.24) is 14.8 Å². The van der Waals surface area contributed by atoms with Crippen molar-refractivity contribution in [1.29, 1.82) is 0 Å². The van der Waals surface area contributed by atoms with E-state index in [1.165, 1.54) is 30.3 Å². The Hall–Kier alpha value is -3.09. The summed E-state index contributed by atoms with van der Waals surface area (Å²) in [6.07, 6.45) is 5.68. The van der Waals surface area contributed by atoms with E-state index in [2.05, 4.69) is 34.7 Å². The first-order valence-corrected chi connectivity index (χ1v) is 9.35. The van der Waals surface area contributed by atoms with E-state index in [4.69, 9.17) is 13.6 Å². The molecular weight excluding hydrogens is 358 g/mol. The van der Waals surface area contributed by atoms with Crippen LogP contribution in [-0.4, -0.2) is 20.7 Å². The molecule has 0 aromatic carbocycles. The zero-order chi connectivity index (χ0) is 19.8. The van der Waals surface area contributed by atoms with E-state index in [0.29, 0.717) is 17.7 Å². The second-order valence-electron chi connectivity index (χ2n) is 7.20. The van der Waals surface area contributed by atoms with Crippen LogP contribution in [0.1, 0.15) is 53.2 Å². The first-order valence-electron chi connectivity index (χ1n) is 9.35. The highest BCUT2D eigenvalue weighted by atomic mass is 16.5. The Kier molecular flexibility index (Phi) is 4.66. The first-order chi connectivity index (χ1) is 13.4. The molecule has 1 fully saturated rings. The van der Waals surface area contributed by atoms with Gasteiger partial charge in [-0.25, -0.2) is 4.79 Å². The fourth-order valence-corrected chi connectivity index (χ4v) is 3.47. The number of hydrogen-bond donors (Lipinski definition) is 0. The third kappa shape index (κ3) is 3.65. The molecule has 146 valence electrons. The molecule has 1 aliphatic rings. The van der Waals surface area contributed by atoms with Crippen LogP contribution >= 0.6 is 0 Å². The van der Waals surface area contributed by atoms with Gasteiger partial charge in [0.05, 0.1) is 5.56 Å². The number of furan rings is 1. The van der Waals surface area contributed by atoms with E-state index >= 15 is 0 Å². The second-order valence-corrected chi connectivity index (χ2v) is 7.20. The highest BCUT2D eigenvalue weighted by molar-refractivity contribution is 5.87. The standard InChI is InChI=1S/C21H23N3O4/c1-12-9-16(14(3)24(12)17-6-7-17)5-8-20(25)26-11-19-22-23-21(28-19)18-10-13(2)27-15(18)4/h5,8-10,17H,6-7,11H2,1-4H3/b8-5+. The third-order valence-electron chi connectivity index (χ3n) is 4.91. The van der Waals surface area contributed by atoms with E-state index in [9.17, 15) is 4.79 Å². The lowest BCUT2D eigenvalue weighted by Crippen LogP contribution is -2.01. The number of carbonyl (C=O) groups is 1. The zero-order valence-corrected chi connectivity index (χ0v) is 16.5. The van der Waals surface area contributed by atoms with Gasteiger partial charge in [0.1, 0.15) is 11.5 Å². The molecule has 0 unspecified atom stereocenters. The van der Waals surface area contributed by atoms with Gasteiger partial charge in [0.2, 0.25) is 0 Å². The number of esters is 1. The smallest absolute Gasteiger partial charge is 0.331 e. The number of carbonyl (C=O) groups excluding carboxylic acids is 1. The van der Waals surface area contributed by atoms with Crippen LogP contribution in [-0.2, 0) is 16.1 Å². The highest BCUT2D eigenvalue weighted by Crippen LogP contribution is 2.38. The summed E-state index contributed by atoms with van der Waals surface area (Å²) >= 11 is 0. The van der Waals surface area contributed by atoms with Gasteiger partial charge in [-0.2, -0.15) is 0 Å². The normalized spacial score (nSPS) is 14.1. The summed E-state index contributed by atoms with van der Waals surface area (Å²) in [7, 11) is 0. The molecule has 3 aromatic rings. The number of ether oxygens (including phenoxy) is 1. The maximum atomic E-state index is 12.1. The predicted molar refractivity (Wildman–Crippen MR) is 102 cm³/mol. The van der Waals surface area contributed by atoms with Gasteiger partial charge in [-0.15, -0.1) is 10.2 Å². The van der Waals surface area contributed by atoms with Crippen LogP contribution in [0.5, 0.6) is 0 Å². The Morgan fingerprint density at radius 1 is 1.21 bits per heavy atom. The van der Waals surface area contributed by atoms with Crippen molar-refractivity contribution in [2.75, 3.05) is 0 Å². The molecular formula is C21H23N3O4. The molecule has 0 bridgehead atoms. The van der Waals surface area contributed by atoms with Crippen molar-refractivity contribution in [2.45, 2.75) is 53.2 Å². The quantitative estimate of drug-likeness (QED) is 0.463. The lowest BCUT2D eigenvalue weighted by Gasteiger charge is -2.06. The molecule has 0 atom stereocenters. The predicted octanol–water partition coefficient (Wildman–Crippen LogP) is 4.46. The summed E-state index contributed by atoms with van der Waals surface area (Å²) < 4.78 is 18.6. The number of rotatable bonds is 6. The van der Waals surface area contributed by atoms with Crippen LogP contribution in [0.2, 0.25) is 0 Å². The average Bonchev–Trinajstić information content (AvgIpc) is 3.15. The molecule has 7 nitrogen and oxygen atoms in total. The molecule has 0 spiro atoms. The SMILES string of the molecule is Cc1cc(-c2nnc(COC(=O)/C=C/c3cc(C)n(C4CC4)c3C)o2)c(C)o1. The summed E-state index contributed by atoms with van der Waals surface area (Å²) in [6, 6.07) is 4.54. The molecule has 0 aliphatic heterocycles. The van der Waals surface area contributed by atoms with Crippen LogP contribution in [0.25, 0.3) is 17.5 Å². The Morgan fingerprint density at radius 2 is 2.00 bits per heavy atom. The molecule has 1 aliphatic carbocycles. The Morgan fingerprint density at radius 3 is 2.68 bits per heavy atom. The van der Waals surface area contributed by atoms with E-state index in [-0.39, 0.29) is 12.5 Å². The van der Waals surface area contributed by atoms with Crippen molar-refractivity contribution >= 4 is 12.0 Å². The van der Waals surface area contributed by atoms with Crippen molar-refractivity contribution in [3.63, 3.8) is 0 Å². The maximum absolute atomic E-state index is 12.1. The molecule has 0 N–H and O–H groups in total. The van der Waals surface area contributed by atoms with E-state index in [0.717, 1.165) is 16.9 Å². The van der Waals surface area contributed by atoms with Crippen molar-refractivity contribution in [3.05, 3.63) is 52.6 Å². The average molecular weight is 381 g/mol. The van der Waals surface area contributed by atoms with Crippen LogP contribution in [0.15, 0.2) is 27.0 Å². The molecule has 4 rings (SSSR count). The van der Waals surface area contributed by atoms with Gasteiger partial charge in [0.15, 0.2) is 6.61 Å². The lowest BCUT2D eigenvalue weighted by atomic mass is 10.2. The number of nitrogens with zero attached hydrogens (tertiary/aromatic N) is 3. The summed E-state index contributed by atoms with van der Waals surface area (Å²) in [5.74, 6) is 1.61. The van der Waals surface area contributed by atoms with Crippen LogP contribution < -0.4 is 0 Å². The largest absolute Gasteiger partial charge is 0.466 e. The summed E-state index contributed by atoms with van der Waals surface area (Å²) in [5, 5.41) is 7.92. The zero-order valence-electron chi connectivity index (χ0n) is 16.5. The van der Waals surface area contributed by atoms with Gasteiger partial charge in [-0.05, 0) is 64.3 Å². The van der Waals surface area contributed by atoms with Crippen molar-refractivity contribution in [3.8, 4) is 11.5 Å². The van der Waals surface area contributed by atoms with Gasteiger partial charge in [0, 0.05) is 23.5 Å². The third-order valence-corrected chi connectivity index (χ3v) is 4.91. The van der Waals surface area contributed by atoms with Gasteiger partial charge in [-0.3, -0.25) is 0 Å². The first kappa shape index (κ1) is 18.3. The topological polar surface area (TPSA) is 83.3 Å². The Balaban J connectivity index is 1.37. The van der Waals surface area contributed by atoms with Gasteiger partial charge in [0.25, 0.3) is 11.8 Å². The van der Waals surface area contributed by atoms with E-state index in [1.807, 2.05) is 19.9 Å². The molecule has 1 saturated carbocycles. The monoisotopic (exact) mass is 381 g/mol. The van der Waals surface area contributed by atoms with Gasteiger partial charge in [-0.1, -0.05) is 0 Å². The summed E-state index contributed by atoms with van der Waals surface area (Å²) in [4.78, 5) is 12.1. The second kappa shape index (κ2) is 7.14.